The first-order valence-electron chi connectivity index (χ1n) is 4.73. The van der Waals surface area contributed by atoms with Crippen LogP contribution in [-0.4, -0.2) is 24.0 Å². The maximum Gasteiger partial charge on any atom is 0.0224 e. The molecule has 1 heteroatoms. The Balaban J connectivity index is 2.22. The molecule has 2 unspecified atom stereocenters. The SMILES string of the molecule is [CH2]C1CN1CC(C)(C)CCC=C. The van der Waals surface area contributed by atoms with Gasteiger partial charge >= 0.3 is 0 Å². The Morgan fingerprint density at radius 1 is 1.58 bits per heavy atom. The lowest BCUT2D eigenvalue weighted by Gasteiger charge is -2.24. The molecular weight excluding hydrogens is 146 g/mol. The molecule has 1 nitrogen and oxygen atoms in total. The molecule has 0 aromatic heterocycles. The minimum atomic E-state index is 0.431. The Hall–Kier alpha value is -0.300. The fraction of sp³-hybridized carbons (Fsp3) is 0.727. The Morgan fingerprint density at radius 3 is 2.58 bits per heavy atom. The summed E-state index contributed by atoms with van der Waals surface area (Å²) >= 11 is 0. The minimum Gasteiger partial charge on any atom is -0.297 e. The molecule has 0 amide bonds. The van der Waals surface area contributed by atoms with Gasteiger partial charge in [-0.15, -0.1) is 6.58 Å². The number of hydrogen-bond donors (Lipinski definition) is 0. The molecule has 2 atom stereocenters. The van der Waals surface area contributed by atoms with Crippen LogP contribution < -0.4 is 0 Å². The molecule has 12 heavy (non-hydrogen) atoms. The predicted molar refractivity (Wildman–Crippen MR) is 53.9 cm³/mol. The van der Waals surface area contributed by atoms with Crippen LogP contribution in [0.4, 0.5) is 0 Å². The van der Waals surface area contributed by atoms with Crippen LogP contribution in [0.15, 0.2) is 12.7 Å². The van der Waals surface area contributed by atoms with E-state index in [9.17, 15) is 0 Å². The smallest absolute Gasteiger partial charge is 0.0224 e. The average Bonchev–Trinajstić information content (AvgIpc) is 2.61. The Morgan fingerprint density at radius 2 is 2.17 bits per heavy atom. The summed E-state index contributed by atoms with van der Waals surface area (Å²) in [7, 11) is 0. The van der Waals surface area contributed by atoms with Gasteiger partial charge < -0.3 is 0 Å². The summed E-state index contributed by atoms with van der Waals surface area (Å²) in [6, 6.07) is 0.591. The highest BCUT2D eigenvalue weighted by Gasteiger charge is 2.33. The van der Waals surface area contributed by atoms with E-state index in [4.69, 9.17) is 0 Å². The molecule has 1 heterocycles. The van der Waals surface area contributed by atoms with Crippen LogP contribution in [0.1, 0.15) is 26.7 Å². The molecular formula is C11H20N. The molecule has 0 aromatic rings. The van der Waals surface area contributed by atoms with Crippen molar-refractivity contribution in [2.45, 2.75) is 32.7 Å². The van der Waals surface area contributed by atoms with Crippen LogP contribution in [0, 0.1) is 12.3 Å². The molecule has 0 bridgehead atoms. The van der Waals surface area contributed by atoms with E-state index in [0.29, 0.717) is 11.5 Å². The standard InChI is InChI=1S/C11H20N/c1-5-6-7-11(3,4)9-12-8-10(12)2/h5,10H,1-2,6-9H2,3-4H3. The third-order valence-electron chi connectivity index (χ3n) is 2.48. The van der Waals surface area contributed by atoms with E-state index in [0.717, 1.165) is 6.42 Å². The zero-order valence-corrected chi connectivity index (χ0v) is 8.34. The molecule has 0 N–H and O–H groups in total. The van der Waals surface area contributed by atoms with Crippen molar-refractivity contribution in [1.29, 1.82) is 0 Å². The van der Waals surface area contributed by atoms with Crippen molar-refractivity contribution in [3.63, 3.8) is 0 Å². The molecule has 1 radical (unpaired) electrons. The minimum absolute atomic E-state index is 0.431. The summed E-state index contributed by atoms with van der Waals surface area (Å²) in [6.07, 6.45) is 4.37. The summed E-state index contributed by atoms with van der Waals surface area (Å²) in [5, 5.41) is 0. The van der Waals surface area contributed by atoms with Gasteiger partial charge in [-0.05, 0) is 25.2 Å². The summed E-state index contributed by atoms with van der Waals surface area (Å²) in [6.45, 7) is 14.8. The molecule has 0 aromatic carbocycles. The van der Waals surface area contributed by atoms with Crippen molar-refractivity contribution in [2.75, 3.05) is 13.1 Å². The Kier molecular flexibility index (Phi) is 2.94. The number of allylic oxidation sites excluding steroid dienone is 1. The van der Waals surface area contributed by atoms with Gasteiger partial charge in [0.05, 0.1) is 0 Å². The van der Waals surface area contributed by atoms with Gasteiger partial charge in [-0.2, -0.15) is 0 Å². The van der Waals surface area contributed by atoms with E-state index in [2.05, 4.69) is 32.3 Å². The molecule has 1 rings (SSSR count). The number of nitrogens with zero attached hydrogens (tertiary/aromatic N) is 1. The van der Waals surface area contributed by atoms with Crippen molar-refractivity contribution >= 4 is 0 Å². The molecule has 1 aliphatic heterocycles. The maximum atomic E-state index is 4.00. The van der Waals surface area contributed by atoms with Gasteiger partial charge in [-0.1, -0.05) is 19.9 Å². The third-order valence-corrected chi connectivity index (χ3v) is 2.48. The summed E-state index contributed by atoms with van der Waals surface area (Å²) in [5.74, 6) is 0. The van der Waals surface area contributed by atoms with Crippen LogP contribution in [0.5, 0.6) is 0 Å². The van der Waals surface area contributed by atoms with E-state index in [1.165, 1.54) is 19.5 Å². The van der Waals surface area contributed by atoms with Crippen LogP contribution in [0.2, 0.25) is 0 Å². The number of rotatable bonds is 5. The first-order chi connectivity index (χ1) is 5.55. The maximum absolute atomic E-state index is 4.00. The summed E-state index contributed by atoms with van der Waals surface area (Å²) in [5.41, 5.74) is 0.431. The van der Waals surface area contributed by atoms with Crippen molar-refractivity contribution in [3.05, 3.63) is 19.6 Å². The van der Waals surface area contributed by atoms with Crippen molar-refractivity contribution in [3.8, 4) is 0 Å². The Bertz CT molecular complexity index is 160. The third kappa shape index (κ3) is 2.98. The van der Waals surface area contributed by atoms with Gasteiger partial charge in [0.25, 0.3) is 0 Å². The van der Waals surface area contributed by atoms with Gasteiger partial charge in [-0.3, -0.25) is 4.90 Å². The van der Waals surface area contributed by atoms with Gasteiger partial charge in [0.15, 0.2) is 0 Å². The lowest BCUT2D eigenvalue weighted by atomic mass is 9.88. The first kappa shape index (κ1) is 9.79. The Labute approximate surface area is 76.5 Å². The van der Waals surface area contributed by atoms with E-state index in [1.807, 2.05) is 6.08 Å². The van der Waals surface area contributed by atoms with E-state index in [1.54, 1.807) is 0 Å². The summed E-state index contributed by atoms with van der Waals surface area (Å²) in [4.78, 5) is 2.42. The quantitative estimate of drug-likeness (QED) is 0.448. The van der Waals surface area contributed by atoms with Crippen LogP contribution >= 0.6 is 0 Å². The first-order valence-corrected chi connectivity index (χ1v) is 4.73. The molecule has 69 valence electrons. The van der Waals surface area contributed by atoms with Gasteiger partial charge in [0.1, 0.15) is 0 Å². The molecule has 1 aliphatic rings. The van der Waals surface area contributed by atoms with Crippen molar-refractivity contribution in [2.24, 2.45) is 5.41 Å². The van der Waals surface area contributed by atoms with Crippen LogP contribution in [0.25, 0.3) is 0 Å². The second-order valence-electron chi connectivity index (χ2n) is 4.57. The fourth-order valence-corrected chi connectivity index (χ4v) is 1.54. The van der Waals surface area contributed by atoms with Crippen LogP contribution in [0.3, 0.4) is 0 Å². The fourth-order valence-electron chi connectivity index (χ4n) is 1.54. The highest BCUT2D eigenvalue weighted by Crippen LogP contribution is 2.29. The zero-order valence-electron chi connectivity index (χ0n) is 8.34. The highest BCUT2D eigenvalue weighted by molar-refractivity contribution is 4.94. The van der Waals surface area contributed by atoms with Gasteiger partial charge in [0, 0.05) is 19.1 Å². The molecule has 1 fully saturated rings. The molecule has 0 saturated carbocycles. The van der Waals surface area contributed by atoms with E-state index < -0.39 is 0 Å². The van der Waals surface area contributed by atoms with E-state index in [-0.39, 0.29) is 0 Å². The zero-order chi connectivity index (χ0) is 9.19. The highest BCUT2D eigenvalue weighted by atomic mass is 15.3. The van der Waals surface area contributed by atoms with Gasteiger partial charge in [-0.25, -0.2) is 0 Å². The monoisotopic (exact) mass is 166 g/mol. The normalized spacial score (nSPS) is 28.6. The second kappa shape index (κ2) is 3.61. The van der Waals surface area contributed by atoms with Crippen molar-refractivity contribution in [1.82, 2.24) is 4.90 Å². The van der Waals surface area contributed by atoms with E-state index >= 15 is 0 Å². The topological polar surface area (TPSA) is 3.01 Å². The molecule has 0 aliphatic carbocycles. The predicted octanol–water partition coefficient (Wildman–Crippen LogP) is 2.50. The second-order valence-corrected chi connectivity index (χ2v) is 4.57. The molecule has 1 saturated heterocycles. The number of hydrogen-bond acceptors (Lipinski definition) is 1. The average molecular weight is 166 g/mol. The lowest BCUT2D eigenvalue weighted by molar-refractivity contribution is 0.267. The van der Waals surface area contributed by atoms with Crippen LogP contribution in [-0.2, 0) is 0 Å². The largest absolute Gasteiger partial charge is 0.297 e. The van der Waals surface area contributed by atoms with Crippen molar-refractivity contribution < 1.29 is 0 Å². The summed E-state index contributed by atoms with van der Waals surface area (Å²) < 4.78 is 0. The molecule has 0 spiro atoms. The lowest BCUT2D eigenvalue weighted by Crippen LogP contribution is -2.23. The van der Waals surface area contributed by atoms with Gasteiger partial charge in [0.2, 0.25) is 0 Å².